The van der Waals surface area contributed by atoms with Crippen LogP contribution in [0, 0.1) is 5.82 Å². The number of benzene rings is 2. The molecule has 6 heterocycles. The molecule has 7 aromatic rings. The first-order chi connectivity index (χ1) is 23.7. The van der Waals surface area contributed by atoms with Crippen LogP contribution in [0.1, 0.15) is 24.0 Å². The number of hydrogen-bond acceptors (Lipinski definition) is 7. The second kappa shape index (κ2) is 13.3. The van der Waals surface area contributed by atoms with Gasteiger partial charge in [0.25, 0.3) is 0 Å². The molecule has 2 aromatic carbocycles. The van der Waals surface area contributed by atoms with Crippen LogP contribution in [0.5, 0.6) is 5.75 Å². The number of pyridine rings is 3. The standard InChI is InChI=1S/C38H35FN8O/c39-29-13-27(14-30(15-29)48-11-10-47-8-4-5-9-47)33-22-42-23-36-31(33)16-35(44-36)38-32-17-34(43-24-37(32)45-46-38)28-12-26(20-41-21-28)19-40-18-25-6-2-1-3-7-25/h1-3,6-7,12-17,20-24,40,44H,4-5,8-11,18-19H2,(H,45,46). The average molecular weight is 639 g/mol. The van der Waals surface area contributed by atoms with E-state index in [9.17, 15) is 4.39 Å². The number of aromatic nitrogens is 6. The molecule has 48 heavy (non-hydrogen) atoms. The lowest BCUT2D eigenvalue weighted by Crippen LogP contribution is -2.25. The first-order valence-electron chi connectivity index (χ1n) is 16.3. The number of rotatable bonds is 11. The van der Waals surface area contributed by atoms with Crippen molar-refractivity contribution in [2.75, 3.05) is 26.2 Å². The van der Waals surface area contributed by atoms with E-state index >= 15 is 0 Å². The van der Waals surface area contributed by atoms with Crippen molar-refractivity contribution in [2.45, 2.75) is 25.9 Å². The lowest BCUT2D eigenvalue weighted by Gasteiger charge is -2.15. The van der Waals surface area contributed by atoms with Crippen molar-refractivity contribution in [1.82, 2.24) is 40.3 Å². The van der Waals surface area contributed by atoms with E-state index in [1.54, 1.807) is 18.6 Å². The van der Waals surface area contributed by atoms with Crippen LogP contribution in [0.2, 0.25) is 0 Å². The number of hydrogen-bond donors (Lipinski definition) is 3. The molecule has 1 fully saturated rings. The molecule has 0 aliphatic carbocycles. The lowest BCUT2D eigenvalue weighted by atomic mass is 10.0. The summed E-state index contributed by atoms with van der Waals surface area (Å²) in [6.45, 7) is 5.03. The highest BCUT2D eigenvalue weighted by Gasteiger charge is 2.17. The van der Waals surface area contributed by atoms with Crippen molar-refractivity contribution in [3.63, 3.8) is 0 Å². The zero-order valence-electron chi connectivity index (χ0n) is 26.4. The third-order valence-corrected chi connectivity index (χ3v) is 8.90. The molecule has 240 valence electrons. The lowest BCUT2D eigenvalue weighted by molar-refractivity contribution is 0.237. The van der Waals surface area contributed by atoms with Crippen molar-refractivity contribution < 1.29 is 9.13 Å². The molecule has 3 N–H and O–H groups in total. The van der Waals surface area contributed by atoms with Gasteiger partial charge in [-0.15, -0.1) is 0 Å². The van der Waals surface area contributed by atoms with Crippen molar-refractivity contribution in [1.29, 1.82) is 0 Å². The Kier molecular flexibility index (Phi) is 8.32. The third-order valence-electron chi connectivity index (χ3n) is 8.90. The van der Waals surface area contributed by atoms with Gasteiger partial charge in [0, 0.05) is 66.2 Å². The molecule has 0 radical (unpaired) electrons. The van der Waals surface area contributed by atoms with Crippen molar-refractivity contribution in [2.24, 2.45) is 0 Å². The van der Waals surface area contributed by atoms with E-state index in [1.165, 1.54) is 30.5 Å². The summed E-state index contributed by atoms with van der Waals surface area (Å²) in [5.74, 6) is 0.168. The summed E-state index contributed by atoms with van der Waals surface area (Å²) in [5, 5.41) is 13.1. The highest BCUT2D eigenvalue weighted by Crippen LogP contribution is 2.35. The molecule has 8 rings (SSSR count). The summed E-state index contributed by atoms with van der Waals surface area (Å²) in [5.41, 5.74) is 8.78. The molecular formula is C38H35FN8O. The molecule has 0 spiro atoms. The number of H-pyrrole nitrogens is 2. The van der Waals surface area contributed by atoms with Gasteiger partial charge in [-0.3, -0.25) is 25.0 Å². The van der Waals surface area contributed by atoms with Crippen LogP contribution in [0.25, 0.3) is 55.6 Å². The van der Waals surface area contributed by atoms with Gasteiger partial charge in [0.05, 0.1) is 34.8 Å². The SMILES string of the molecule is Fc1cc(OCCN2CCCC2)cc(-c2cncc3[nH]c(-c4n[nH]c5cnc(-c6cncc(CNCc7ccccc7)c6)cc45)cc23)c1. The van der Waals surface area contributed by atoms with E-state index in [2.05, 4.69) is 53.6 Å². The molecule has 9 nitrogen and oxygen atoms in total. The Hall–Kier alpha value is -5.45. The predicted molar refractivity (Wildman–Crippen MR) is 186 cm³/mol. The Balaban J connectivity index is 1.05. The molecular weight excluding hydrogens is 603 g/mol. The van der Waals surface area contributed by atoms with Gasteiger partial charge in [-0.25, -0.2) is 4.39 Å². The number of aromatic amines is 2. The molecule has 0 amide bonds. The highest BCUT2D eigenvalue weighted by molar-refractivity contribution is 6.01. The average Bonchev–Trinajstić information content (AvgIpc) is 3.88. The fourth-order valence-electron chi connectivity index (χ4n) is 6.46. The molecule has 0 saturated carbocycles. The maximum atomic E-state index is 14.8. The van der Waals surface area contributed by atoms with Gasteiger partial charge in [0.1, 0.15) is 23.9 Å². The van der Waals surface area contributed by atoms with Crippen molar-refractivity contribution in [3.05, 3.63) is 115 Å². The van der Waals surface area contributed by atoms with Crippen LogP contribution >= 0.6 is 0 Å². The number of nitrogens with one attached hydrogen (secondary N) is 3. The predicted octanol–water partition coefficient (Wildman–Crippen LogP) is 7.13. The van der Waals surface area contributed by atoms with E-state index < -0.39 is 0 Å². The fraction of sp³-hybridized carbons (Fsp3) is 0.211. The Bertz CT molecular complexity index is 2190. The van der Waals surface area contributed by atoms with E-state index in [0.717, 1.165) is 81.8 Å². The third kappa shape index (κ3) is 6.40. The first-order valence-corrected chi connectivity index (χ1v) is 16.3. The van der Waals surface area contributed by atoms with Gasteiger partial charge in [0.2, 0.25) is 0 Å². The molecule has 1 aliphatic rings. The Labute approximate surface area is 277 Å². The highest BCUT2D eigenvalue weighted by atomic mass is 19.1. The van der Waals surface area contributed by atoms with E-state index in [1.807, 2.05) is 48.8 Å². The van der Waals surface area contributed by atoms with E-state index in [4.69, 9.17) is 9.72 Å². The number of ether oxygens (including phenoxy) is 1. The van der Waals surface area contributed by atoms with E-state index in [-0.39, 0.29) is 5.82 Å². The van der Waals surface area contributed by atoms with Gasteiger partial charge >= 0.3 is 0 Å². The summed E-state index contributed by atoms with van der Waals surface area (Å²) in [6.07, 6.45) is 11.5. The Morgan fingerprint density at radius 1 is 0.792 bits per heavy atom. The normalized spacial score (nSPS) is 13.5. The summed E-state index contributed by atoms with van der Waals surface area (Å²) in [4.78, 5) is 19.5. The molecule has 0 atom stereocenters. The maximum Gasteiger partial charge on any atom is 0.127 e. The number of nitrogens with zero attached hydrogens (tertiary/aromatic N) is 5. The smallest absolute Gasteiger partial charge is 0.127 e. The molecule has 1 saturated heterocycles. The van der Waals surface area contributed by atoms with Crippen LogP contribution in [-0.4, -0.2) is 61.3 Å². The van der Waals surface area contributed by atoms with Gasteiger partial charge in [0.15, 0.2) is 0 Å². The minimum Gasteiger partial charge on any atom is -0.492 e. The van der Waals surface area contributed by atoms with Crippen LogP contribution < -0.4 is 10.1 Å². The minimum absolute atomic E-state index is 0.347. The zero-order chi connectivity index (χ0) is 32.3. The second-order valence-corrected chi connectivity index (χ2v) is 12.3. The second-order valence-electron chi connectivity index (χ2n) is 12.3. The van der Waals surface area contributed by atoms with Gasteiger partial charge in [-0.2, -0.15) is 5.10 Å². The molecule has 0 unspecified atom stereocenters. The van der Waals surface area contributed by atoms with Gasteiger partial charge in [-0.05, 0) is 73.0 Å². The molecule has 5 aromatic heterocycles. The van der Waals surface area contributed by atoms with Gasteiger partial charge in [-0.1, -0.05) is 30.3 Å². The summed E-state index contributed by atoms with van der Waals surface area (Å²) in [6, 6.07) is 21.4. The summed E-state index contributed by atoms with van der Waals surface area (Å²) >= 11 is 0. The topological polar surface area (TPSA) is 108 Å². The minimum atomic E-state index is -0.347. The fourth-order valence-corrected chi connectivity index (χ4v) is 6.46. The van der Waals surface area contributed by atoms with Crippen molar-refractivity contribution >= 4 is 21.8 Å². The maximum absolute atomic E-state index is 14.8. The summed E-state index contributed by atoms with van der Waals surface area (Å²) in [7, 11) is 0. The van der Waals surface area contributed by atoms with Crippen LogP contribution in [0.3, 0.4) is 0 Å². The van der Waals surface area contributed by atoms with Crippen LogP contribution in [-0.2, 0) is 13.1 Å². The van der Waals surface area contributed by atoms with Crippen LogP contribution in [0.4, 0.5) is 4.39 Å². The number of fused-ring (bicyclic) bond motifs is 2. The monoisotopic (exact) mass is 638 g/mol. The van der Waals surface area contributed by atoms with E-state index in [0.29, 0.717) is 24.5 Å². The summed E-state index contributed by atoms with van der Waals surface area (Å²) < 4.78 is 20.8. The van der Waals surface area contributed by atoms with Crippen molar-refractivity contribution in [3.8, 4) is 39.5 Å². The molecule has 10 heteroatoms. The first kappa shape index (κ1) is 29.9. The molecule has 0 bridgehead atoms. The quantitative estimate of drug-likeness (QED) is 0.138. The van der Waals surface area contributed by atoms with Crippen LogP contribution in [0.15, 0.2) is 97.7 Å². The largest absolute Gasteiger partial charge is 0.492 e. The zero-order valence-corrected chi connectivity index (χ0v) is 26.4. The Morgan fingerprint density at radius 2 is 1.65 bits per heavy atom. The number of likely N-dealkylation sites (tertiary alicyclic amines) is 1. The van der Waals surface area contributed by atoms with Gasteiger partial charge < -0.3 is 15.0 Å². The number of halogens is 1. The molecule has 1 aliphatic heterocycles. The Morgan fingerprint density at radius 3 is 2.54 bits per heavy atom.